The van der Waals surface area contributed by atoms with Crippen LogP contribution in [0.1, 0.15) is 32.3 Å². The van der Waals surface area contributed by atoms with E-state index in [1.54, 1.807) is 0 Å². The van der Waals surface area contributed by atoms with Gasteiger partial charge in [0.05, 0.1) is 0 Å². The average Bonchev–Trinajstić information content (AvgIpc) is 2.44. The maximum absolute atomic E-state index is 11.6. The minimum atomic E-state index is -1.06. The van der Waals surface area contributed by atoms with Gasteiger partial charge in [-0.05, 0) is 32.3 Å². The standard InChI is InChI=1S/C16H21NO4/c1-12(2)7-6-10-14(15(18)19)17-16(20)21-11-13-8-4-3-5-9-13/h3-5,7-9,14H,6,10-11H2,1-2H3,(H,17,20)(H,18,19). The fourth-order valence-corrected chi connectivity index (χ4v) is 1.70. The normalized spacial score (nSPS) is 11.3. The number of carbonyl (C=O) groups is 2. The van der Waals surface area contributed by atoms with E-state index in [1.165, 1.54) is 0 Å². The SMILES string of the molecule is CC(C)=CCCC(NC(=O)OCc1ccccc1)C(=O)O. The van der Waals surface area contributed by atoms with E-state index in [0.717, 1.165) is 11.1 Å². The van der Waals surface area contributed by atoms with Crippen LogP contribution in [0.15, 0.2) is 42.0 Å². The minimum Gasteiger partial charge on any atom is -0.480 e. The third-order valence-corrected chi connectivity index (χ3v) is 2.81. The number of aliphatic carboxylic acids is 1. The van der Waals surface area contributed by atoms with Gasteiger partial charge in [-0.1, -0.05) is 42.0 Å². The minimum absolute atomic E-state index is 0.118. The van der Waals surface area contributed by atoms with Gasteiger partial charge in [0.25, 0.3) is 0 Å². The summed E-state index contributed by atoms with van der Waals surface area (Å²) in [6.07, 6.45) is 2.15. The van der Waals surface area contributed by atoms with E-state index in [-0.39, 0.29) is 6.61 Å². The molecule has 114 valence electrons. The summed E-state index contributed by atoms with van der Waals surface area (Å²) in [5.41, 5.74) is 1.97. The van der Waals surface area contributed by atoms with E-state index in [0.29, 0.717) is 12.8 Å². The van der Waals surface area contributed by atoms with Crippen molar-refractivity contribution in [2.45, 2.75) is 39.3 Å². The first kappa shape index (κ1) is 16.8. The van der Waals surface area contributed by atoms with Gasteiger partial charge in [-0.25, -0.2) is 9.59 Å². The van der Waals surface area contributed by atoms with Gasteiger partial charge in [0.1, 0.15) is 12.6 Å². The number of alkyl carbamates (subject to hydrolysis) is 1. The molecule has 1 atom stereocenters. The molecule has 0 saturated carbocycles. The molecule has 0 fully saturated rings. The van der Waals surface area contributed by atoms with Crippen molar-refractivity contribution in [1.29, 1.82) is 0 Å². The third-order valence-electron chi connectivity index (χ3n) is 2.81. The van der Waals surface area contributed by atoms with Crippen molar-refractivity contribution in [2.24, 2.45) is 0 Å². The van der Waals surface area contributed by atoms with Crippen LogP contribution in [0.5, 0.6) is 0 Å². The van der Waals surface area contributed by atoms with Crippen LogP contribution in [0, 0.1) is 0 Å². The Morgan fingerprint density at radius 1 is 1.29 bits per heavy atom. The van der Waals surface area contributed by atoms with Gasteiger partial charge in [0, 0.05) is 0 Å². The summed E-state index contributed by atoms with van der Waals surface area (Å²) in [5, 5.41) is 11.5. The molecule has 0 radical (unpaired) electrons. The van der Waals surface area contributed by atoms with Crippen molar-refractivity contribution < 1.29 is 19.4 Å². The molecule has 1 amide bonds. The molecule has 0 spiro atoms. The number of ether oxygens (including phenoxy) is 1. The van der Waals surface area contributed by atoms with Gasteiger partial charge < -0.3 is 15.2 Å². The highest BCUT2D eigenvalue weighted by atomic mass is 16.5. The molecule has 21 heavy (non-hydrogen) atoms. The molecule has 0 aliphatic carbocycles. The number of rotatable bonds is 7. The number of hydrogen-bond donors (Lipinski definition) is 2. The third kappa shape index (κ3) is 7.15. The smallest absolute Gasteiger partial charge is 0.408 e. The van der Waals surface area contributed by atoms with Crippen LogP contribution in [0.3, 0.4) is 0 Å². The summed E-state index contributed by atoms with van der Waals surface area (Å²) in [4.78, 5) is 22.7. The Morgan fingerprint density at radius 3 is 2.52 bits per heavy atom. The molecule has 5 nitrogen and oxygen atoms in total. The van der Waals surface area contributed by atoms with Crippen LogP contribution < -0.4 is 5.32 Å². The molecule has 0 bridgehead atoms. The molecule has 1 aromatic carbocycles. The number of benzene rings is 1. The summed E-state index contributed by atoms with van der Waals surface area (Å²) in [7, 11) is 0. The Morgan fingerprint density at radius 2 is 1.95 bits per heavy atom. The van der Waals surface area contributed by atoms with Crippen molar-refractivity contribution in [1.82, 2.24) is 5.32 Å². The lowest BCUT2D eigenvalue weighted by molar-refractivity contribution is -0.139. The predicted octanol–water partition coefficient (Wildman–Crippen LogP) is 3.11. The Bertz CT molecular complexity index is 492. The van der Waals surface area contributed by atoms with Crippen molar-refractivity contribution in [3.05, 3.63) is 47.5 Å². The van der Waals surface area contributed by atoms with E-state index in [4.69, 9.17) is 9.84 Å². The van der Waals surface area contributed by atoms with E-state index in [9.17, 15) is 9.59 Å². The van der Waals surface area contributed by atoms with Crippen LogP contribution in [0.2, 0.25) is 0 Å². The van der Waals surface area contributed by atoms with Crippen molar-refractivity contribution in [3.8, 4) is 0 Å². The molecule has 1 aromatic rings. The van der Waals surface area contributed by atoms with Crippen LogP contribution in [0.25, 0.3) is 0 Å². The quantitative estimate of drug-likeness (QED) is 0.757. The summed E-state index contributed by atoms with van der Waals surface area (Å²) < 4.78 is 5.01. The van der Waals surface area contributed by atoms with Crippen molar-refractivity contribution >= 4 is 12.1 Å². The number of carboxylic acids is 1. The molecule has 1 unspecified atom stereocenters. The molecule has 1 rings (SSSR count). The summed E-state index contributed by atoms with van der Waals surface area (Å²) in [6, 6.07) is 8.27. The van der Waals surface area contributed by atoms with Gasteiger partial charge in [0.2, 0.25) is 0 Å². The largest absolute Gasteiger partial charge is 0.480 e. The number of amides is 1. The predicted molar refractivity (Wildman–Crippen MR) is 79.9 cm³/mol. The highest BCUT2D eigenvalue weighted by Gasteiger charge is 2.19. The molecule has 0 aliphatic rings. The van der Waals surface area contributed by atoms with E-state index < -0.39 is 18.1 Å². The highest BCUT2D eigenvalue weighted by Crippen LogP contribution is 2.04. The summed E-state index contributed by atoms with van der Waals surface area (Å²) >= 11 is 0. The van der Waals surface area contributed by atoms with Crippen LogP contribution in [-0.4, -0.2) is 23.2 Å². The number of nitrogens with one attached hydrogen (secondary N) is 1. The molecular weight excluding hydrogens is 270 g/mol. The first-order chi connectivity index (χ1) is 9.99. The summed E-state index contributed by atoms with van der Waals surface area (Å²) in [6.45, 7) is 4.00. The molecule has 5 heteroatoms. The number of carbonyl (C=O) groups excluding carboxylic acids is 1. The lowest BCUT2D eigenvalue weighted by Gasteiger charge is -2.13. The van der Waals surface area contributed by atoms with Crippen molar-refractivity contribution in [3.63, 3.8) is 0 Å². The lowest BCUT2D eigenvalue weighted by Crippen LogP contribution is -2.40. The average molecular weight is 291 g/mol. The maximum Gasteiger partial charge on any atom is 0.408 e. The first-order valence-corrected chi connectivity index (χ1v) is 6.82. The van der Waals surface area contributed by atoms with E-state index in [1.807, 2.05) is 50.3 Å². The molecule has 0 saturated heterocycles. The zero-order valence-electron chi connectivity index (χ0n) is 12.3. The van der Waals surface area contributed by atoms with Gasteiger partial charge in [-0.3, -0.25) is 0 Å². The van der Waals surface area contributed by atoms with E-state index >= 15 is 0 Å². The Labute approximate surface area is 124 Å². The van der Waals surface area contributed by atoms with Crippen LogP contribution >= 0.6 is 0 Å². The van der Waals surface area contributed by atoms with Crippen LogP contribution in [-0.2, 0) is 16.1 Å². The molecule has 0 aromatic heterocycles. The zero-order valence-corrected chi connectivity index (χ0v) is 12.3. The number of hydrogen-bond acceptors (Lipinski definition) is 3. The first-order valence-electron chi connectivity index (χ1n) is 6.82. The topological polar surface area (TPSA) is 75.6 Å². The second-order valence-corrected chi connectivity index (χ2v) is 4.96. The molecule has 0 aliphatic heterocycles. The second-order valence-electron chi connectivity index (χ2n) is 4.96. The van der Waals surface area contributed by atoms with Gasteiger partial charge in [0.15, 0.2) is 0 Å². The molecule has 2 N–H and O–H groups in total. The summed E-state index contributed by atoms with van der Waals surface area (Å²) in [5.74, 6) is -1.06. The molecule has 0 heterocycles. The van der Waals surface area contributed by atoms with Crippen molar-refractivity contribution in [2.75, 3.05) is 0 Å². The fourth-order valence-electron chi connectivity index (χ4n) is 1.70. The Balaban J connectivity index is 2.41. The van der Waals surface area contributed by atoms with Crippen LogP contribution in [0.4, 0.5) is 4.79 Å². The number of allylic oxidation sites excluding steroid dienone is 2. The number of carboxylic acid groups (broad SMARTS) is 1. The Hall–Kier alpha value is -2.30. The molecular formula is C16H21NO4. The second kappa shape index (κ2) is 8.79. The lowest BCUT2D eigenvalue weighted by atomic mass is 10.1. The van der Waals surface area contributed by atoms with Gasteiger partial charge in [-0.2, -0.15) is 0 Å². The fraction of sp³-hybridized carbons (Fsp3) is 0.375. The monoisotopic (exact) mass is 291 g/mol. The van der Waals surface area contributed by atoms with E-state index in [2.05, 4.69) is 5.32 Å². The highest BCUT2D eigenvalue weighted by molar-refractivity contribution is 5.79. The Kier molecular flexibility index (Phi) is 7.01. The maximum atomic E-state index is 11.6. The van der Waals surface area contributed by atoms with Gasteiger partial charge in [-0.15, -0.1) is 0 Å². The van der Waals surface area contributed by atoms with Gasteiger partial charge >= 0.3 is 12.1 Å². The zero-order chi connectivity index (χ0) is 15.7.